The Kier molecular flexibility index (Phi) is 3.41. The SMILES string of the molecule is CC(=O)Nc1ccc2c(c1)C/C(=C\c1cc(C)nn1C)C2=O. The second-order valence-electron chi connectivity index (χ2n) is 5.56. The minimum atomic E-state index is -0.120. The first-order valence-electron chi connectivity index (χ1n) is 7.10. The van der Waals surface area contributed by atoms with Crippen molar-refractivity contribution in [2.24, 2.45) is 7.05 Å². The lowest BCUT2D eigenvalue weighted by atomic mass is 10.1. The summed E-state index contributed by atoms with van der Waals surface area (Å²) in [5.41, 5.74) is 4.95. The van der Waals surface area contributed by atoms with Gasteiger partial charge in [-0.15, -0.1) is 0 Å². The molecule has 0 atom stereocenters. The van der Waals surface area contributed by atoms with Crippen molar-refractivity contribution in [1.82, 2.24) is 9.78 Å². The monoisotopic (exact) mass is 295 g/mol. The summed E-state index contributed by atoms with van der Waals surface area (Å²) in [6, 6.07) is 7.35. The minimum absolute atomic E-state index is 0.0447. The maximum atomic E-state index is 12.5. The Hall–Kier alpha value is -2.69. The van der Waals surface area contributed by atoms with Gasteiger partial charge in [-0.25, -0.2) is 0 Å². The highest BCUT2D eigenvalue weighted by Crippen LogP contribution is 2.30. The quantitative estimate of drug-likeness (QED) is 0.866. The number of nitrogens with zero attached hydrogens (tertiary/aromatic N) is 2. The number of aromatic nitrogens is 2. The largest absolute Gasteiger partial charge is 0.326 e. The number of nitrogens with one attached hydrogen (secondary N) is 1. The maximum Gasteiger partial charge on any atom is 0.221 e. The van der Waals surface area contributed by atoms with Crippen LogP contribution in [0.5, 0.6) is 0 Å². The summed E-state index contributed by atoms with van der Waals surface area (Å²) in [6.07, 6.45) is 2.46. The van der Waals surface area contributed by atoms with Gasteiger partial charge in [0.25, 0.3) is 0 Å². The number of amides is 1. The van der Waals surface area contributed by atoms with Gasteiger partial charge in [-0.1, -0.05) is 0 Å². The van der Waals surface area contributed by atoms with Crippen LogP contribution in [0, 0.1) is 6.92 Å². The molecular weight excluding hydrogens is 278 g/mol. The van der Waals surface area contributed by atoms with Gasteiger partial charge >= 0.3 is 0 Å². The molecule has 1 aliphatic rings. The van der Waals surface area contributed by atoms with Crippen molar-refractivity contribution in [2.75, 3.05) is 5.32 Å². The van der Waals surface area contributed by atoms with Crippen LogP contribution in [0.3, 0.4) is 0 Å². The van der Waals surface area contributed by atoms with E-state index in [4.69, 9.17) is 0 Å². The summed E-state index contributed by atoms with van der Waals surface area (Å²) in [5, 5.41) is 7.03. The number of allylic oxidation sites excluding steroid dienone is 1. The Morgan fingerprint density at radius 2 is 2.14 bits per heavy atom. The lowest BCUT2D eigenvalue weighted by Crippen LogP contribution is -2.06. The number of rotatable bonds is 2. The number of hydrogen-bond donors (Lipinski definition) is 1. The van der Waals surface area contributed by atoms with Crippen molar-refractivity contribution in [1.29, 1.82) is 0 Å². The molecule has 1 aromatic heterocycles. The zero-order valence-corrected chi connectivity index (χ0v) is 12.8. The molecule has 5 heteroatoms. The third-order valence-corrected chi connectivity index (χ3v) is 3.70. The summed E-state index contributed by atoms with van der Waals surface area (Å²) in [6.45, 7) is 3.39. The molecule has 1 aliphatic carbocycles. The summed E-state index contributed by atoms with van der Waals surface area (Å²) in [4.78, 5) is 23.6. The molecule has 112 valence electrons. The molecule has 0 unspecified atom stereocenters. The molecule has 1 aromatic carbocycles. The van der Waals surface area contributed by atoms with Crippen molar-refractivity contribution in [3.63, 3.8) is 0 Å². The van der Waals surface area contributed by atoms with Crippen LogP contribution >= 0.6 is 0 Å². The van der Waals surface area contributed by atoms with Gasteiger partial charge in [-0.05, 0) is 42.8 Å². The fourth-order valence-corrected chi connectivity index (χ4v) is 2.76. The molecule has 0 fully saturated rings. The second-order valence-corrected chi connectivity index (χ2v) is 5.56. The predicted molar refractivity (Wildman–Crippen MR) is 84.7 cm³/mol. The lowest BCUT2D eigenvalue weighted by molar-refractivity contribution is -0.114. The van der Waals surface area contributed by atoms with E-state index in [1.54, 1.807) is 16.8 Å². The van der Waals surface area contributed by atoms with E-state index < -0.39 is 0 Å². The van der Waals surface area contributed by atoms with Gasteiger partial charge in [0.05, 0.1) is 11.4 Å². The van der Waals surface area contributed by atoms with Gasteiger partial charge in [0.2, 0.25) is 5.91 Å². The molecule has 0 saturated heterocycles. The molecule has 0 saturated carbocycles. The highest BCUT2D eigenvalue weighted by molar-refractivity contribution is 6.15. The summed E-state index contributed by atoms with van der Waals surface area (Å²) in [5.74, 6) is -0.0753. The Bertz CT molecular complexity index is 815. The van der Waals surface area contributed by atoms with E-state index in [1.165, 1.54) is 6.92 Å². The number of anilines is 1. The van der Waals surface area contributed by atoms with Gasteiger partial charge < -0.3 is 5.32 Å². The number of carbonyl (C=O) groups excluding carboxylic acids is 2. The second kappa shape index (κ2) is 5.26. The van der Waals surface area contributed by atoms with E-state index in [9.17, 15) is 9.59 Å². The molecular formula is C17H17N3O2. The normalized spacial score (nSPS) is 15.2. The van der Waals surface area contributed by atoms with Gasteiger partial charge in [0.1, 0.15) is 0 Å². The number of hydrogen-bond acceptors (Lipinski definition) is 3. The number of Topliss-reactive ketones (excluding diaryl/α,β-unsaturated/α-hetero) is 1. The van der Waals surface area contributed by atoms with Crippen LogP contribution in [0.2, 0.25) is 0 Å². The molecule has 1 amide bonds. The Morgan fingerprint density at radius 3 is 2.77 bits per heavy atom. The molecule has 0 spiro atoms. The number of aryl methyl sites for hydroxylation is 2. The Balaban J connectivity index is 1.93. The van der Waals surface area contributed by atoms with Crippen LogP contribution < -0.4 is 5.32 Å². The molecule has 5 nitrogen and oxygen atoms in total. The Morgan fingerprint density at radius 1 is 1.36 bits per heavy atom. The predicted octanol–water partition coefficient (Wildman–Crippen LogP) is 2.51. The van der Waals surface area contributed by atoms with Crippen LogP contribution in [0.1, 0.15) is 34.2 Å². The molecule has 0 bridgehead atoms. The smallest absolute Gasteiger partial charge is 0.221 e. The van der Waals surface area contributed by atoms with Crippen LogP contribution in [-0.4, -0.2) is 21.5 Å². The van der Waals surface area contributed by atoms with E-state index in [2.05, 4.69) is 10.4 Å². The zero-order chi connectivity index (χ0) is 15.9. The molecule has 1 heterocycles. The van der Waals surface area contributed by atoms with E-state index in [1.807, 2.05) is 32.2 Å². The van der Waals surface area contributed by atoms with Crippen molar-refractivity contribution in [3.8, 4) is 0 Å². The third kappa shape index (κ3) is 2.57. The van der Waals surface area contributed by atoms with Crippen molar-refractivity contribution >= 4 is 23.5 Å². The standard InChI is InChI=1S/C17H17N3O2/c1-10-6-15(20(3)19-10)9-13-7-12-8-14(18-11(2)21)4-5-16(12)17(13)22/h4-6,8-9H,7H2,1-3H3,(H,18,21)/b13-9+. The summed E-state index contributed by atoms with van der Waals surface area (Å²) >= 11 is 0. The van der Waals surface area contributed by atoms with Gasteiger partial charge in [-0.2, -0.15) is 5.10 Å². The van der Waals surface area contributed by atoms with Crippen molar-refractivity contribution in [3.05, 3.63) is 52.4 Å². The average molecular weight is 295 g/mol. The first kappa shape index (κ1) is 14.3. The third-order valence-electron chi connectivity index (χ3n) is 3.70. The van der Waals surface area contributed by atoms with Crippen LogP contribution in [-0.2, 0) is 18.3 Å². The van der Waals surface area contributed by atoms with E-state index in [-0.39, 0.29) is 11.7 Å². The van der Waals surface area contributed by atoms with E-state index in [0.717, 1.165) is 28.2 Å². The average Bonchev–Trinajstić information content (AvgIpc) is 2.90. The van der Waals surface area contributed by atoms with Crippen LogP contribution in [0.25, 0.3) is 6.08 Å². The van der Waals surface area contributed by atoms with Gasteiger partial charge in [0, 0.05) is 37.2 Å². The molecule has 1 N–H and O–H groups in total. The van der Waals surface area contributed by atoms with Gasteiger partial charge in [-0.3, -0.25) is 14.3 Å². The van der Waals surface area contributed by atoms with Gasteiger partial charge in [0.15, 0.2) is 5.78 Å². The fraction of sp³-hybridized carbons (Fsp3) is 0.235. The lowest BCUT2D eigenvalue weighted by Gasteiger charge is -2.03. The molecule has 3 rings (SSSR count). The molecule has 0 aliphatic heterocycles. The Labute approximate surface area is 128 Å². The van der Waals surface area contributed by atoms with Crippen molar-refractivity contribution < 1.29 is 9.59 Å². The highest BCUT2D eigenvalue weighted by Gasteiger charge is 2.25. The van der Waals surface area contributed by atoms with Crippen molar-refractivity contribution in [2.45, 2.75) is 20.3 Å². The topological polar surface area (TPSA) is 64.0 Å². The first-order valence-corrected chi connectivity index (χ1v) is 7.10. The van der Waals surface area contributed by atoms with E-state index >= 15 is 0 Å². The number of ketones is 1. The number of benzene rings is 1. The zero-order valence-electron chi connectivity index (χ0n) is 12.8. The number of carbonyl (C=O) groups is 2. The highest BCUT2D eigenvalue weighted by atomic mass is 16.1. The maximum absolute atomic E-state index is 12.5. The summed E-state index contributed by atoms with van der Waals surface area (Å²) < 4.78 is 1.77. The first-order chi connectivity index (χ1) is 10.4. The van der Waals surface area contributed by atoms with Crippen LogP contribution in [0.15, 0.2) is 29.8 Å². The van der Waals surface area contributed by atoms with Crippen LogP contribution in [0.4, 0.5) is 5.69 Å². The molecule has 22 heavy (non-hydrogen) atoms. The molecule has 0 radical (unpaired) electrons. The van der Waals surface area contributed by atoms with E-state index in [0.29, 0.717) is 12.0 Å². The molecule has 2 aromatic rings. The fourth-order valence-electron chi connectivity index (χ4n) is 2.76. The number of fused-ring (bicyclic) bond motifs is 1. The minimum Gasteiger partial charge on any atom is -0.326 e. The summed E-state index contributed by atoms with van der Waals surface area (Å²) in [7, 11) is 1.86.